The van der Waals surface area contributed by atoms with Crippen LogP contribution in [0.15, 0.2) is 50.8 Å². The molecule has 5 rings (SSSR count). The number of rotatable bonds is 2. The molecule has 0 unspecified atom stereocenters. The Morgan fingerprint density at radius 1 is 0.800 bits per heavy atom. The lowest BCUT2D eigenvalue weighted by Gasteiger charge is -2.07. The number of oxazole rings is 1. The molecule has 0 atom stereocenters. The van der Waals surface area contributed by atoms with Gasteiger partial charge in [0, 0.05) is 11.6 Å². The second-order valence-corrected chi connectivity index (χ2v) is 7.94. The molecule has 0 saturated carbocycles. The van der Waals surface area contributed by atoms with E-state index in [0.29, 0.717) is 11.5 Å². The Morgan fingerprint density at radius 3 is 1.97 bits per heavy atom. The van der Waals surface area contributed by atoms with Crippen molar-refractivity contribution in [3.8, 4) is 11.5 Å². The number of carbonyl (C=O) groups excluding carboxylic acids is 2. The van der Waals surface area contributed by atoms with Crippen LogP contribution in [0.2, 0.25) is 20.1 Å². The number of carbonyl (C=O) groups is 2. The smallest absolute Gasteiger partial charge is 0.266 e. The summed E-state index contributed by atoms with van der Waals surface area (Å²) in [5.41, 5.74) is 1.07. The van der Waals surface area contributed by atoms with Crippen molar-refractivity contribution in [2.75, 3.05) is 0 Å². The molecule has 148 valence electrons. The van der Waals surface area contributed by atoms with Crippen LogP contribution in [-0.2, 0) is 0 Å². The van der Waals surface area contributed by atoms with Gasteiger partial charge in [-0.1, -0.05) is 64.6 Å². The summed E-state index contributed by atoms with van der Waals surface area (Å²) in [4.78, 5) is 29.9. The highest BCUT2D eigenvalue weighted by molar-refractivity contribution is 6.57. The van der Waals surface area contributed by atoms with Gasteiger partial charge >= 0.3 is 0 Å². The third-order valence-electron chi connectivity index (χ3n) is 4.63. The largest absolute Gasteiger partial charge is 0.436 e. The lowest BCUT2D eigenvalue weighted by atomic mass is 10.1. The lowest BCUT2D eigenvalue weighted by Crippen LogP contribution is -2.00. The predicted octanol–water partition coefficient (Wildman–Crippen LogP) is 7.16. The van der Waals surface area contributed by atoms with E-state index in [1.807, 2.05) is 30.3 Å². The Kier molecular flexibility index (Phi) is 4.52. The summed E-state index contributed by atoms with van der Waals surface area (Å²) in [7, 11) is 0. The number of allylic oxidation sites excluding steroid dienone is 1. The summed E-state index contributed by atoms with van der Waals surface area (Å²) < 4.78 is 11.3. The van der Waals surface area contributed by atoms with E-state index in [4.69, 9.17) is 55.2 Å². The molecule has 4 aromatic rings. The fourth-order valence-electron chi connectivity index (χ4n) is 3.23. The molecule has 0 spiro atoms. The van der Waals surface area contributed by atoms with Crippen LogP contribution in [0.3, 0.4) is 0 Å². The molecule has 0 N–H and O–H groups in total. The molecule has 0 radical (unpaired) electrons. The third kappa shape index (κ3) is 2.81. The highest BCUT2D eigenvalue weighted by Crippen LogP contribution is 2.46. The maximum atomic E-state index is 12.8. The Morgan fingerprint density at radius 2 is 1.40 bits per heavy atom. The summed E-state index contributed by atoms with van der Waals surface area (Å²) >= 11 is 24.3. The molecule has 0 saturated heterocycles. The van der Waals surface area contributed by atoms with Crippen LogP contribution in [0, 0.1) is 0 Å². The van der Waals surface area contributed by atoms with Crippen LogP contribution < -0.4 is 0 Å². The van der Waals surface area contributed by atoms with E-state index in [9.17, 15) is 9.59 Å². The minimum Gasteiger partial charge on any atom is -0.436 e. The first-order valence-electron chi connectivity index (χ1n) is 8.49. The van der Waals surface area contributed by atoms with Crippen molar-refractivity contribution in [1.29, 1.82) is 0 Å². The summed E-state index contributed by atoms with van der Waals surface area (Å²) in [5, 5.41) is -0.411. The van der Waals surface area contributed by atoms with E-state index >= 15 is 0 Å². The van der Waals surface area contributed by atoms with Crippen molar-refractivity contribution < 1.29 is 18.4 Å². The molecule has 5 nitrogen and oxygen atoms in total. The Balaban J connectivity index is 1.57. The first-order chi connectivity index (χ1) is 14.4. The number of nitrogens with zero attached hydrogens (tertiary/aromatic N) is 1. The Bertz CT molecular complexity index is 1340. The first-order valence-corrected chi connectivity index (χ1v) is 10.0. The van der Waals surface area contributed by atoms with Gasteiger partial charge in [0.05, 0.1) is 36.8 Å². The van der Waals surface area contributed by atoms with Crippen molar-refractivity contribution in [3.05, 3.63) is 78.9 Å². The van der Waals surface area contributed by atoms with Crippen LogP contribution in [0.1, 0.15) is 26.5 Å². The molecule has 30 heavy (non-hydrogen) atoms. The molecule has 0 amide bonds. The van der Waals surface area contributed by atoms with E-state index in [0.717, 1.165) is 5.56 Å². The van der Waals surface area contributed by atoms with Crippen molar-refractivity contribution in [3.63, 3.8) is 0 Å². The van der Waals surface area contributed by atoms with Crippen LogP contribution in [0.5, 0.6) is 0 Å². The fourth-order valence-corrected chi connectivity index (χ4v) is 4.26. The average molecular weight is 479 g/mol. The zero-order valence-electron chi connectivity index (χ0n) is 14.6. The standard InChI is InChI=1S/C21H7Cl4NO4/c22-14-12-13(15(23)17(25)16(14)24)19(28)10(18(12)27)6-9-7-11-21(29-9)26-20(30-11)8-4-2-1-3-5-8/h1-7H. The summed E-state index contributed by atoms with van der Waals surface area (Å²) in [5.74, 6) is -0.630. The van der Waals surface area contributed by atoms with Gasteiger partial charge in [-0.2, -0.15) is 4.98 Å². The van der Waals surface area contributed by atoms with E-state index in [-0.39, 0.29) is 48.3 Å². The number of furan rings is 1. The molecule has 0 fully saturated rings. The highest BCUT2D eigenvalue weighted by Gasteiger charge is 2.39. The van der Waals surface area contributed by atoms with Gasteiger partial charge in [0.1, 0.15) is 5.76 Å². The van der Waals surface area contributed by atoms with Crippen molar-refractivity contribution in [2.45, 2.75) is 0 Å². The zero-order valence-corrected chi connectivity index (χ0v) is 17.7. The number of ketones is 2. The maximum Gasteiger partial charge on any atom is 0.266 e. The summed E-state index contributed by atoms with van der Waals surface area (Å²) in [6, 6.07) is 10.8. The second-order valence-electron chi connectivity index (χ2n) is 6.43. The van der Waals surface area contributed by atoms with Crippen LogP contribution >= 0.6 is 46.4 Å². The SMILES string of the molecule is O=C1C(=Cc2cc3oc(-c4ccccc4)nc3o2)C(=O)c2c(Cl)c(Cl)c(Cl)c(Cl)c21. The first kappa shape index (κ1) is 19.4. The van der Waals surface area contributed by atoms with Gasteiger partial charge in [-0.15, -0.1) is 0 Å². The quantitative estimate of drug-likeness (QED) is 0.132. The van der Waals surface area contributed by atoms with Crippen molar-refractivity contribution >= 4 is 75.3 Å². The van der Waals surface area contributed by atoms with E-state index < -0.39 is 11.6 Å². The van der Waals surface area contributed by atoms with E-state index in [2.05, 4.69) is 4.98 Å². The van der Waals surface area contributed by atoms with Crippen LogP contribution in [0.25, 0.3) is 28.8 Å². The van der Waals surface area contributed by atoms with Gasteiger partial charge in [-0.3, -0.25) is 9.59 Å². The number of halogens is 4. The normalized spacial score (nSPS) is 13.4. The van der Waals surface area contributed by atoms with Gasteiger partial charge in [0.2, 0.25) is 5.89 Å². The Hall–Kier alpha value is -2.57. The minimum absolute atomic E-state index is 0.0768. The number of aromatic nitrogens is 1. The van der Waals surface area contributed by atoms with Gasteiger partial charge in [-0.25, -0.2) is 0 Å². The number of Topliss-reactive ketones (excluding diaryl/α,β-unsaturated/α-hetero) is 2. The minimum atomic E-state index is -0.619. The monoisotopic (exact) mass is 477 g/mol. The zero-order chi connectivity index (χ0) is 21.2. The predicted molar refractivity (Wildman–Crippen MR) is 115 cm³/mol. The second kappa shape index (κ2) is 7.00. The topological polar surface area (TPSA) is 73.3 Å². The molecule has 9 heteroatoms. The highest BCUT2D eigenvalue weighted by atomic mass is 35.5. The molecule has 2 aromatic carbocycles. The number of fused-ring (bicyclic) bond motifs is 2. The van der Waals surface area contributed by atoms with Crippen molar-refractivity contribution in [2.24, 2.45) is 0 Å². The van der Waals surface area contributed by atoms with Crippen LogP contribution in [-0.4, -0.2) is 16.6 Å². The van der Waals surface area contributed by atoms with Gasteiger partial charge < -0.3 is 8.83 Å². The average Bonchev–Trinajstić information content (AvgIpc) is 3.38. The van der Waals surface area contributed by atoms with Gasteiger partial charge in [-0.05, 0) is 18.2 Å². The maximum absolute atomic E-state index is 12.8. The molecule has 0 aliphatic heterocycles. The van der Waals surface area contributed by atoms with E-state index in [1.165, 1.54) is 12.1 Å². The molecule has 0 bridgehead atoms. The molecular formula is C21H7Cl4NO4. The number of hydrogen-bond acceptors (Lipinski definition) is 5. The van der Waals surface area contributed by atoms with Crippen LogP contribution in [0.4, 0.5) is 0 Å². The molecule has 2 heterocycles. The Labute approximate surface area is 188 Å². The summed E-state index contributed by atoms with van der Waals surface area (Å²) in [6.07, 6.45) is 1.29. The number of hydrogen-bond donors (Lipinski definition) is 0. The summed E-state index contributed by atoms with van der Waals surface area (Å²) in [6.45, 7) is 0. The lowest BCUT2D eigenvalue weighted by molar-refractivity contribution is 0.0990. The van der Waals surface area contributed by atoms with Gasteiger partial charge in [0.15, 0.2) is 17.1 Å². The molecule has 1 aliphatic rings. The fraction of sp³-hybridized carbons (Fsp3) is 0. The molecular weight excluding hydrogens is 472 g/mol. The van der Waals surface area contributed by atoms with Gasteiger partial charge in [0.25, 0.3) is 5.71 Å². The van der Waals surface area contributed by atoms with E-state index in [1.54, 1.807) is 0 Å². The third-order valence-corrected chi connectivity index (χ3v) is 6.43. The van der Waals surface area contributed by atoms with Crippen molar-refractivity contribution in [1.82, 2.24) is 4.98 Å². The molecule has 1 aliphatic carbocycles. The number of benzene rings is 2. The molecule has 2 aromatic heterocycles.